The predicted molar refractivity (Wildman–Crippen MR) is 49.6 cm³/mol. The highest BCUT2D eigenvalue weighted by atomic mass is 15.0. The minimum atomic E-state index is 0.430. The average molecular weight is 155 g/mol. The van der Waals surface area contributed by atoms with Crippen LogP contribution in [0.3, 0.4) is 0 Å². The Hall–Kier alpha value is -0.0400. The Morgan fingerprint density at radius 3 is 1.55 bits per heavy atom. The van der Waals surface area contributed by atoms with Crippen molar-refractivity contribution in [1.82, 2.24) is 5.32 Å². The lowest BCUT2D eigenvalue weighted by atomic mass is 9.60. The summed E-state index contributed by atoms with van der Waals surface area (Å²) in [7, 11) is 0. The van der Waals surface area contributed by atoms with Crippen LogP contribution in [-0.2, 0) is 0 Å². The molecule has 0 aromatic heterocycles. The van der Waals surface area contributed by atoms with E-state index >= 15 is 0 Å². The first kappa shape index (κ1) is 9.05. The Kier molecular flexibility index (Phi) is 2.04. The van der Waals surface area contributed by atoms with Gasteiger partial charge in [0.15, 0.2) is 0 Å². The van der Waals surface area contributed by atoms with E-state index in [9.17, 15) is 0 Å². The minimum absolute atomic E-state index is 0.430. The summed E-state index contributed by atoms with van der Waals surface area (Å²) >= 11 is 0. The lowest BCUT2D eigenvalue weighted by Crippen LogP contribution is -2.54. The minimum Gasteiger partial charge on any atom is -0.316 e. The van der Waals surface area contributed by atoms with Gasteiger partial charge in [-0.25, -0.2) is 0 Å². The molecule has 0 unspecified atom stereocenters. The summed E-state index contributed by atoms with van der Waals surface area (Å²) in [6.45, 7) is 14.2. The molecule has 0 bridgehead atoms. The van der Waals surface area contributed by atoms with E-state index in [1.54, 1.807) is 0 Å². The zero-order chi connectivity index (χ0) is 8.70. The van der Waals surface area contributed by atoms with E-state index in [1.165, 1.54) is 13.1 Å². The van der Waals surface area contributed by atoms with Gasteiger partial charge in [-0.05, 0) is 29.8 Å². The molecule has 0 saturated carbocycles. The van der Waals surface area contributed by atoms with E-state index in [-0.39, 0.29) is 0 Å². The number of hydrogen-bond acceptors (Lipinski definition) is 1. The van der Waals surface area contributed by atoms with Crippen molar-refractivity contribution in [2.45, 2.75) is 34.6 Å². The van der Waals surface area contributed by atoms with Gasteiger partial charge in [0.05, 0.1) is 0 Å². The van der Waals surface area contributed by atoms with Crippen LogP contribution in [0.5, 0.6) is 0 Å². The van der Waals surface area contributed by atoms with Crippen molar-refractivity contribution in [1.29, 1.82) is 0 Å². The van der Waals surface area contributed by atoms with Gasteiger partial charge in [0.25, 0.3) is 0 Å². The summed E-state index contributed by atoms with van der Waals surface area (Å²) in [6, 6.07) is 0. The van der Waals surface area contributed by atoms with Crippen LogP contribution in [0.4, 0.5) is 0 Å². The van der Waals surface area contributed by atoms with E-state index in [0.29, 0.717) is 10.8 Å². The van der Waals surface area contributed by atoms with Gasteiger partial charge in [-0.3, -0.25) is 0 Å². The Labute approximate surface area is 70.6 Å². The maximum Gasteiger partial charge on any atom is -0.000292 e. The molecule has 1 nitrogen and oxygen atoms in total. The van der Waals surface area contributed by atoms with Crippen LogP contribution in [-0.4, -0.2) is 13.1 Å². The molecule has 11 heavy (non-hydrogen) atoms. The van der Waals surface area contributed by atoms with Crippen molar-refractivity contribution >= 4 is 0 Å². The van der Waals surface area contributed by atoms with E-state index in [2.05, 4.69) is 39.9 Å². The van der Waals surface area contributed by atoms with E-state index < -0.39 is 0 Å². The third-order valence-corrected chi connectivity index (χ3v) is 3.74. The molecule has 1 aliphatic heterocycles. The van der Waals surface area contributed by atoms with Crippen LogP contribution in [0, 0.1) is 16.7 Å². The lowest BCUT2D eigenvalue weighted by molar-refractivity contribution is 0.0246. The molecule has 1 heterocycles. The number of rotatable bonds is 1. The zero-order valence-corrected chi connectivity index (χ0v) is 8.49. The van der Waals surface area contributed by atoms with Gasteiger partial charge in [-0.15, -0.1) is 0 Å². The fraction of sp³-hybridized carbons (Fsp3) is 1.00. The van der Waals surface area contributed by atoms with Crippen LogP contribution in [0.15, 0.2) is 0 Å². The first-order valence-corrected chi connectivity index (χ1v) is 4.56. The summed E-state index contributed by atoms with van der Waals surface area (Å²) in [4.78, 5) is 0. The largest absolute Gasteiger partial charge is 0.316 e. The molecule has 0 atom stereocenters. The molecule has 0 aliphatic carbocycles. The maximum atomic E-state index is 3.34. The molecule has 0 spiro atoms. The molecule has 0 aromatic rings. The van der Waals surface area contributed by atoms with Gasteiger partial charge >= 0.3 is 0 Å². The first-order chi connectivity index (χ1) is 4.86. The molecule has 0 aromatic carbocycles. The smallest absolute Gasteiger partial charge is 0.000292 e. The van der Waals surface area contributed by atoms with E-state index in [0.717, 1.165) is 5.92 Å². The monoisotopic (exact) mass is 155 g/mol. The number of hydrogen-bond donors (Lipinski definition) is 1. The number of nitrogens with one attached hydrogen (secondary N) is 1. The summed E-state index contributed by atoms with van der Waals surface area (Å²) in [6.07, 6.45) is 0. The molecular weight excluding hydrogens is 134 g/mol. The van der Waals surface area contributed by atoms with Crippen LogP contribution >= 0.6 is 0 Å². The highest BCUT2D eigenvalue weighted by molar-refractivity contribution is 4.94. The zero-order valence-electron chi connectivity index (χ0n) is 8.49. The van der Waals surface area contributed by atoms with Gasteiger partial charge in [-0.1, -0.05) is 34.6 Å². The highest BCUT2D eigenvalue weighted by Gasteiger charge is 2.42. The normalized spacial score (nSPS) is 21.5. The van der Waals surface area contributed by atoms with Crippen molar-refractivity contribution in [2.24, 2.45) is 16.7 Å². The van der Waals surface area contributed by atoms with Crippen molar-refractivity contribution < 1.29 is 0 Å². The summed E-state index contributed by atoms with van der Waals surface area (Å²) < 4.78 is 0. The molecular formula is C10H21N. The fourth-order valence-electron chi connectivity index (χ4n) is 1.41. The first-order valence-electron chi connectivity index (χ1n) is 4.56. The summed E-state index contributed by atoms with van der Waals surface area (Å²) in [5.41, 5.74) is 0.901. The second kappa shape index (κ2) is 2.48. The Morgan fingerprint density at radius 1 is 1.00 bits per heavy atom. The second-order valence-corrected chi connectivity index (χ2v) is 5.33. The molecule has 1 saturated heterocycles. The van der Waals surface area contributed by atoms with Crippen LogP contribution in [0.2, 0.25) is 0 Å². The van der Waals surface area contributed by atoms with E-state index in [1.807, 2.05) is 0 Å². The van der Waals surface area contributed by atoms with Crippen LogP contribution < -0.4 is 5.32 Å². The van der Waals surface area contributed by atoms with Crippen molar-refractivity contribution in [3.8, 4) is 0 Å². The molecule has 1 aliphatic rings. The summed E-state index contributed by atoms with van der Waals surface area (Å²) in [5, 5.41) is 3.34. The molecule has 66 valence electrons. The molecule has 0 amide bonds. The molecule has 1 N–H and O–H groups in total. The fourth-order valence-corrected chi connectivity index (χ4v) is 1.41. The SMILES string of the molecule is CC(C)(C)C(C)(C)C1CNC1. The van der Waals surface area contributed by atoms with Crippen molar-refractivity contribution in [3.63, 3.8) is 0 Å². The van der Waals surface area contributed by atoms with Gasteiger partial charge in [0, 0.05) is 0 Å². The lowest BCUT2D eigenvalue weighted by Gasteiger charge is -2.49. The third-order valence-electron chi connectivity index (χ3n) is 3.74. The predicted octanol–water partition coefficient (Wildman–Crippen LogP) is 2.28. The van der Waals surface area contributed by atoms with Gasteiger partial charge in [0.1, 0.15) is 0 Å². The summed E-state index contributed by atoms with van der Waals surface area (Å²) in [5.74, 6) is 0.877. The Balaban J connectivity index is 2.64. The quantitative estimate of drug-likeness (QED) is 0.612. The van der Waals surface area contributed by atoms with Crippen LogP contribution in [0.25, 0.3) is 0 Å². The Morgan fingerprint density at radius 2 is 1.45 bits per heavy atom. The topological polar surface area (TPSA) is 12.0 Å². The Bertz CT molecular complexity index is 137. The maximum absolute atomic E-state index is 3.34. The molecule has 1 heteroatoms. The second-order valence-electron chi connectivity index (χ2n) is 5.33. The van der Waals surface area contributed by atoms with Gasteiger partial charge in [-0.2, -0.15) is 0 Å². The molecule has 1 rings (SSSR count). The highest BCUT2D eigenvalue weighted by Crippen LogP contribution is 2.45. The van der Waals surface area contributed by atoms with Crippen molar-refractivity contribution in [3.05, 3.63) is 0 Å². The third kappa shape index (κ3) is 1.44. The standard InChI is InChI=1S/C10H21N/c1-9(2,3)10(4,5)8-6-11-7-8/h8,11H,6-7H2,1-5H3. The van der Waals surface area contributed by atoms with Gasteiger partial charge < -0.3 is 5.32 Å². The van der Waals surface area contributed by atoms with E-state index in [4.69, 9.17) is 0 Å². The van der Waals surface area contributed by atoms with Gasteiger partial charge in [0.2, 0.25) is 0 Å². The average Bonchev–Trinajstić information content (AvgIpc) is 1.53. The van der Waals surface area contributed by atoms with Crippen LogP contribution in [0.1, 0.15) is 34.6 Å². The van der Waals surface area contributed by atoms with Crippen molar-refractivity contribution in [2.75, 3.05) is 13.1 Å². The molecule has 0 radical (unpaired) electrons. The molecule has 1 fully saturated rings.